The third-order valence-corrected chi connectivity index (χ3v) is 11.5. The highest BCUT2D eigenvalue weighted by Crippen LogP contribution is 2.64. The van der Waals surface area contributed by atoms with Gasteiger partial charge in [-0.25, -0.2) is 0 Å². The van der Waals surface area contributed by atoms with E-state index < -0.39 is 0 Å². The Morgan fingerprint density at radius 1 is 0.978 bits per heavy atom. The van der Waals surface area contributed by atoms with Crippen LogP contribution < -0.4 is 9.47 Å². The van der Waals surface area contributed by atoms with Gasteiger partial charge in [-0.15, -0.1) is 0 Å². The Kier molecular flexibility index (Phi) is 10.2. The number of ketones is 1. The first-order chi connectivity index (χ1) is 22.0. The fourth-order valence-electron chi connectivity index (χ4n) is 9.60. The summed E-state index contributed by atoms with van der Waals surface area (Å²) in [5.41, 5.74) is 4.02. The number of likely N-dealkylation sites (N-methyl/N-ethyl adjacent to an activating group) is 1. The molecule has 4 aliphatic rings. The van der Waals surface area contributed by atoms with Gasteiger partial charge in [0.1, 0.15) is 11.9 Å². The zero-order chi connectivity index (χ0) is 31.4. The molecule has 244 valence electrons. The van der Waals surface area contributed by atoms with Crippen molar-refractivity contribution < 1.29 is 19.1 Å². The number of carbonyl (C=O) groups is 2. The van der Waals surface area contributed by atoms with Gasteiger partial charge in [-0.1, -0.05) is 74.9 Å². The Balaban J connectivity index is 1.04. The minimum absolute atomic E-state index is 0.0608. The molecule has 0 unspecified atom stereocenters. The van der Waals surface area contributed by atoms with Crippen LogP contribution in [0.1, 0.15) is 108 Å². The molecule has 2 aromatic rings. The van der Waals surface area contributed by atoms with E-state index in [2.05, 4.69) is 59.2 Å². The minimum Gasteiger partial charge on any atom is -0.493 e. The van der Waals surface area contributed by atoms with Gasteiger partial charge >= 0.3 is 0 Å². The van der Waals surface area contributed by atoms with Crippen LogP contribution in [-0.2, 0) is 27.8 Å². The van der Waals surface area contributed by atoms with E-state index in [0.717, 1.165) is 56.6 Å². The Labute approximate surface area is 270 Å². The molecule has 2 heterocycles. The first kappa shape index (κ1) is 32.1. The molecule has 0 radical (unpaired) electrons. The predicted molar refractivity (Wildman–Crippen MR) is 179 cm³/mol. The third kappa shape index (κ3) is 6.28. The molecule has 1 spiro atoms. The molecule has 0 N–H and O–H groups in total. The second-order valence-electron chi connectivity index (χ2n) is 14.1. The number of ether oxygens (including phenoxy) is 2. The molecule has 2 aromatic carbocycles. The average Bonchev–Trinajstić information content (AvgIpc) is 3.39. The zero-order valence-electron chi connectivity index (χ0n) is 27.9. The Bertz CT molecular complexity index is 1330. The summed E-state index contributed by atoms with van der Waals surface area (Å²) in [6, 6.07) is 15.5. The number of unbranched alkanes of at least 4 members (excludes halogenated alkanes) is 7. The SMILES string of the molecule is CCN(C(=O)CCCCCCCCCCc1ccccc1)[C@@H]1CC[C@H]2[C@H]3Cc4ccc(OC)c5c4[C@@]2(CCN3CC(C)=O)[C@H]1O5. The summed E-state index contributed by atoms with van der Waals surface area (Å²) < 4.78 is 12.8. The van der Waals surface area contributed by atoms with Gasteiger partial charge in [-0.05, 0) is 88.4 Å². The highest BCUT2D eigenvalue weighted by Gasteiger charge is 2.66. The number of methoxy groups -OCH3 is 1. The first-order valence-corrected chi connectivity index (χ1v) is 17.9. The molecule has 6 nitrogen and oxygen atoms in total. The van der Waals surface area contributed by atoms with Gasteiger partial charge in [0.15, 0.2) is 11.5 Å². The summed E-state index contributed by atoms with van der Waals surface area (Å²) in [6.45, 7) is 5.98. The lowest BCUT2D eigenvalue weighted by Gasteiger charge is -2.60. The van der Waals surface area contributed by atoms with Crippen molar-refractivity contribution in [3.05, 3.63) is 59.2 Å². The van der Waals surface area contributed by atoms with Gasteiger partial charge in [0.2, 0.25) is 5.91 Å². The van der Waals surface area contributed by atoms with Crippen molar-refractivity contribution in [2.45, 2.75) is 127 Å². The fourth-order valence-corrected chi connectivity index (χ4v) is 9.60. The van der Waals surface area contributed by atoms with Gasteiger partial charge in [0, 0.05) is 30.0 Å². The standard InChI is InChI=1S/C39H54N2O4/c1-4-41(35(43)19-15-10-8-6-5-7-9-12-16-29-17-13-11-14-18-29)32-22-21-31-33-26-30-20-23-34(44-3)37-36(30)39(31,38(32)45-37)24-25-40(33)27-28(2)42/h11,13-14,17-18,20,23,31-33,38H,4-10,12,15-16,19,21-22,24-27H2,1-3H3/t31-,32+,33+,38-,39-/m0/s1. The van der Waals surface area contributed by atoms with E-state index in [1.165, 1.54) is 61.6 Å². The van der Waals surface area contributed by atoms with Crippen molar-refractivity contribution in [1.29, 1.82) is 0 Å². The number of hydrogen-bond donors (Lipinski definition) is 0. The van der Waals surface area contributed by atoms with E-state index in [1.807, 2.05) is 0 Å². The highest BCUT2D eigenvalue weighted by atomic mass is 16.5. The van der Waals surface area contributed by atoms with Crippen LogP contribution in [-0.4, -0.2) is 66.4 Å². The van der Waals surface area contributed by atoms with E-state index in [1.54, 1.807) is 14.0 Å². The molecule has 2 fully saturated rings. The van der Waals surface area contributed by atoms with E-state index in [9.17, 15) is 9.59 Å². The topological polar surface area (TPSA) is 59.1 Å². The molecule has 45 heavy (non-hydrogen) atoms. The molecule has 1 saturated heterocycles. The van der Waals surface area contributed by atoms with Crippen LogP contribution in [0.15, 0.2) is 42.5 Å². The van der Waals surface area contributed by atoms with Crippen molar-refractivity contribution in [2.75, 3.05) is 26.7 Å². The number of aryl methyl sites for hydroxylation is 1. The summed E-state index contributed by atoms with van der Waals surface area (Å²) >= 11 is 0. The Morgan fingerprint density at radius 3 is 2.42 bits per heavy atom. The van der Waals surface area contributed by atoms with Crippen molar-refractivity contribution in [3.63, 3.8) is 0 Å². The molecule has 6 heteroatoms. The quantitative estimate of drug-likeness (QED) is 0.186. The number of Topliss-reactive ketones (excluding diaryl/α,β-unsaturated/α-hetero) is 1. The van der Waals surface area contributed by atoms with Crippen LogP contribution in [0, 0.1) is 5.92 Å². The predicted octanol–water partition coefficient (Wildman–Crippen LogP) is 7.29. The lowest BCUT2D eigenvalue weighted by Crippen LogP contribution is -2.69. The van der Waals surface area contributed by atoms with Gasteiger partial charge < -0.3 is 14.4 Å². The largest absolute Gasteiger partial charge is 0.493 e. The van der Waals surface area contributed by atoms with E-state index >= 15 is 0 Å². The molecule has 6 rings (SSSR count). The normalized spacial score (nSPS) is 26.2. The van der Waals surface area contributed by atoms with E-state index in [-0.39, 0.29) is 29.3 Å². The summed E-state index contributed by atoms with van der Waals surface area (Å²) in [5.74, 6) is 2.68. The average molecular weight is 615 g/mol. The number of rotatable bonds is 16. The summed E-state index contributed by atoms with van der Waals surface area (Å²) in [5, 5.41) is 0. The molecule has 2 aliphatic heterocycles. The Morgan fingerprint density at radius 2 is 1.71 bits per heavy atom. The van der Waals surface area contributed by atoms with Crippen LogP contribution in [0.5, 0.6) is 11.5 Å². The number of carbonyl (C=O) groups excluding carboxylic acids is 2. The number of hydrogen-bond acceptors (Lipinski definition) is 5. The zero-order valence-corrected chi connectivity index (χ0v) is 27.9. The smallest absolute Gasteiger partial charge is 0.222 e. The van der Waals surface area contributed by atoms with Crippen LogP contribution in [0.25, 0.3) is 0 Å². The van der Waals surface area contributed by atoms with Gasteiger partial charge in [-0.3, -0.25) is 14.5 Å². The van der Waals surface area contributed by atoms with E-state index in [4.69, 9.17) is 9.47 Å². The summed E-state index contributed by atoms with van der Waals surface area (Å²) in [6.07, 6.45) is 15.5. The minimum atomic E-state index is -0.118. The number of amides is 1. The van der Waals surface area contributed by atoms with Crippen molar-refractivity contribution >= 4 is 11.7 Å². The lowest BCUT2D eigenvalue weighted by atomic mass is 9.51. The van der Waals surface area contributed by atoms with Crippen LogP contribution in [0.4, 0.5) is 0 Å². The molecule has 1 saturated carbocycles. The molecule has 2 bridgehead atoms. The molecule has 2 aliphatic carbocycles. The summed E-state index contributed by atoms with van der Waals surface area (Å²) in [7, 11) is 1.73. The summed E-state index contributed by atoms with van der Waals surface area (Å²) in [4.78, 5) is 30.6. The number of piperidine rings is 1. The maximum atomic E-state index is 13.8. The van der Waals surface area contributed by atoms with E-state index in [0.29, 0.717) is 31.5 Å². The second-order valence-corrected chi connectivity index (χ2v) is 14.1. The maximum Gasteiger partial charge on any atom is 0.222 e. The van der Waals surface area contributed by atoms with Gasteiger partial charge in [-0.2, -0.15) is 0 Å². The first-order valence-electron chi connectivity index (χ1n) is 17.9. The molecular weight excluding hydrogens is 560 g/mol. The van der Waals surface area contributed by atoms with Crippen molar-refractivity contribution in [1.82, 2.24) is 9.80 Å². The highest BCUT2D eigenvalue weighted by molar-refractivity contribution is 5.78. The fraction of sp³-hybridized carbons (Fsp3) is 0.641. The molecule has 0 aromatic heterocycles. The Hall–Kier alpha value is -2.86. The number of benzene rings is 2. The van der Waals surface area contributed by atoms with Crippen molar-refractivity contribution in [2.24, 2.45) is 5.92 Å². The van der Waals surface area contributed by atoms with Gasteiger partial charge in [0.05, 0.1) is 19.7 Å². The monoisotopic (exact) mass is 614 g/mol. The molecular formula is C39H54N2O4. The van der Waals surface area contributed by atoms with Crippen LogP contribution in [0.2, 0.25) is 0 Å². The van der Waals surface area contributed by atoms with Crippen LogP contribution in [0.3, 0.4) is 0 Å². The number of nitrogens with zero attached hydrogens (tertiary/aromatic N) is 2. The number of likely N-dealkylation sites (tertiary alicyclic amines) is 1. The molecule has 1 amide bonds. The second kappa shape index (κ2) is 14.3. The van der Waals surface area contributed by atoms with Crippen LogP contribution >= 0.6 is 0 Å². The third-order valence-electron chi connectivity index (χ3n) is 11.5. The lowest BCUT2D eigenvalue weighted by molar-refractivity contribution is -0.143. The maximum absolute atomic E-state index is 13.8. The molecule has 5 atom stereocenters. The van der Waals surface area contributed by atoms with Gasteiger partial charge in [0.25, 0.3) is 0 Å². The van der Waals surface area contributed by atoms with Crippen molar-refractivity contribution in [3.8, 4) is 11.5 Å².